The summed E-state index contributed by atoms with van der Waals surface area (Å²) in [7, 11) is 1.35. The fourth-order valence-corrected chi connectivity index (χ4v) is 1.94. The Labute approximate surface area is 149 Å². The van der Waals surface area contributed by atoms with Crippen molar-refractivity contribution in [2.45, 2.75) is 32.6 Å². The molecule has 0 saturated heterocycles. The van der Waals surface area contributed by atoms with Gasteiger partial charge in [0.15, 0.2) is 0 Å². The number of hydrogen-bond acceptors (Lipinski definition) is 5. The molecule has 0 N–H and O–H groups in total. The van der Waals surface area contributed by atoms with Gasteiger partial charge in [0.1, 0.15) is 5.75 Å². The summed E-state index contributed by atoms with van der Waals surface area (Å²) < 4.78 is 15.2. The summed E-state index contributed by atoms with van der Waals surface area (Å²) in [5, 5.41) is 0. The van der Waals surface area contributed by atoms with E-state index in [1.54, 1.807) is 13.0 Å². The molecule has 0 atom stereocenters. The molecular formula is C20H26O5. The molecule has 1 rings (SSSR count). The maximum absolute atomic E-state index is 11.2. The van der Waals surface area contributed by atoms with Crippen LogP contribution in [0.5, 0.6) is 5.75 Å². The van der Waals surface area contributed by atoms with Gasteiger partial charge in [-0.15, -0.1) is 0 Å². The lowest BCUT2D eigenvalue weighted by Gasteiger charge is -2.07. The molecule has 0 fully saturated rings. The van der Waals surface area contributed by atoms with Crippen LogP contribution in [0.4, 0.5) is 0 Å². The van der Waals surface area contributed by atoms with Gasteiger partial charge in [-0.25, -0.2) is 9.59 Å². The first-order valence-electron chi connectivity index (χ1n) is 8.34. The van der Waals surface area contributed by atoms with Gasteiger partial charge in [-0.1, -0.05) is 18.7 Å². The summed E-state index contributed by atoms with van der Waals surface area (Å²) in [6, 6.07) is 7.50. The molecule has 0 aliphatic carbocycles. The van der Waals surface area contributed by atoms with Gasteiger partial charge in [0.05, 0.1) is 20.3 Å². The predicted octanol–water partition coefficient (Wildman–Crippen LogP) is 3.93. The lowest BCUT2D eigenvalue weighted by atomic mass is 10.2. The SMILES string of the molecule is C=C(C)C(=O)OCCCCCCOc1ccc(C=CC(=O)OC)cc1. The number of carbonyl (C=O) groups is 2. The maximum atomic E-state index is 11.2. The van der Waals surface area contributed by atoms with Crippen LogP contribution < -0.4 is 4.74 Å². The van der Waals surface area contributed by atoms with E-state index in [1.807, 2.05) is 24.3 Å². The highest BCUT2D eigenvalue weighted by Gasteiger charge is 2.02. The van der Waals surface area contributed by atoms with Crippen LogP contribution in [-0.2, 0) is 19.1 Å². The second kappa shape index (κ2) is 11.9. The average Bonchev–Trinajstić information content (AvgIpc) is 2.62. The molecule has 5 nitrogen and oxygen atoms in total. The minimum absolute atomic E-state index is 0.326. The summed E-state index contributed by atoms with van der Waals surface area (Å²) in [4.78, 5) is 22.2. The van der Waals surface area contributed by atoms with Crippen molar-refractivity contribution >= 4 is 18.0 Å². The zero-order chi connectivity index (χ0) is 18.5. The number of carbonyl (C=O) groups excluding carboxylic acids is 2. The Hall–Kier alpha value is -2.56. The van der Waals surface area contributed by atoms with E-state index in [4.69, 9.17) is 9.47 Å². The van der Waals surface area contributed by atoms with E-state index in [0.717, 1.165) is 37.0 Å². The van der Waals surface area contributed by atoms with Crippen molar-refractivity contribution < 1.29 is 23.8 Å². The normalized spacial score (nSPS) is 10.5. The van der Waals surface area contributed by atoms with E-state index in [1.165, 1.54) is 13.2 Å². The third-order valence-electron chi connectivity index (χ3n) is 3.38. The highest BCUT2D eigenvalue weighted by Crippen LogP contribution is 2.14. The molecule has 25 heavy (non-hydrogen) atoms. The molecule has 1 aromatic carbocycles. The molecule has 0 aliphatic rings. The highest BCUT2D eigenvalue weighted by atomic mass is 16.5. The molecule has 0 aliphatic heterocycles. The van der Waals surface area contributed by atoms with E-state index < -0.39 is 0 Å². The minimum atomic E-state index is -0.380. The zero-order valence-corrected chi connectivity index (χ0v) is 15.0. The number of rotatable bonds is 11. The van der Waals surface area contributed by atoms with Gasteiger partial charge in [-0.05, 0) is 56.4 Å². The number of methoxy groups -OCH3 is 1. The molecular weight excluding hydrogens is 320 g/mol. The number of ether oxygens (including phenoxy) is 3. The topological polar surface area (TPSA) is 61.8 Å². The average molecular weight is 346 g/mol. The number of benzene rings is 1. The van der Waals surface area contributed by atoms with E-state index in [9.17, 15) is 9.59 Å². The van der Waals surface area contributed by atoms with E-state index in [-0.39, 0.29) is 11.9 Å². The molecule has 0 saturated carbocycles. The Kier molecular flexibility index (Phi) is 9.75. The second-order valence-corrected chi connectivity index (χ2v) is 5.60. The Morgan fingerprint density at radius 3 is 2.28 bits per heavy atom. The van der Waals surface area contributed by atoms with Gasteiger partial charge < -0.3 is 14.2 Å². The largest absolute Gasteiger partial charge is 0.494 e. The van der Waals surface area contributed by atoms with Crippen molar-refractivity contribution in [3.63, 3.8) is 0 Å². The van der Waals surface area contributed by atoms with Gasteiger partial charge >= 0.3 is 11.9 Å². The van der Waals surface area contributed by atoms with Crippen LogP contribution in [0.15, 0.2) is 42.5 Å². The number of unbranched alkanes of at least 4 members (excludes halogenated alkanes) is 3. The summed E-state index contributed by atoms with van der Waals surface area (Å²) in [5.41, 5.74) is 1.34. The fraction of sp³-hybridized carbons (Fsp3) is 0.400. The third kappa shape index (κ3) is 9.35. The summed E-state index contributed by atoms with van der Waals surface area (Å²) in [6.07, 6.45) is 6.87. The zero-order valence-electron chi connectivity index (χ0n) is 15.0. The number of hydrogen-bond donors (Lipinski definition) is 0. The lowest BCUT2D eigenvalue weighted by molar-refractivity contribution is -0.139. The molecule has 136 valence electrons. The molecule has 0 unspecified atom stereocenters. The smallest absolute Gasteiger partial charge is 0.333 e. The van der Waals surface area contributed by atoms with E-state index >= 15 is 0 Å². The first kappa shape index (κ1) is 20.5. The van der Waals surface area contributed by atoms with E-state index in [2.05, 4.69) is 11.3 Å². The van der Waals surface area contributed by atoms with Gasteiger partial charge in [-0.2, -0.15) is 0 Å². The lowest BCUT2D eigenvalue weighted by Crippen LogP contribution is -2.06. The van der Waals surface area contributed by atoms with Crippen LogP contribution in [0.1, 0.15) is 38.2 Å². The third-order valence-corrected chi connectivity index (χ3v) is 3.38. The summed E-state index contributed by atoms with van der Waals surface area (Å²) in [5.74, 6) is 0.0912. The second-order valence-electron chi connectivity index (χ2n) is 5.60. The standard InChI is InChI=1S/C20H26O5/c1-16(2)20(22)25-15-7-5-4-6-14-24-18-11-8-17(9-12-18)10-13-19(21)23-3/h8-13H,1,4-7,14-15H2,2-3H3. The summed E-state index contributed by atoms with van der Waals surface area (Å²) >= 11 is 0. The van der Waals surface area contributed by atoms with Gasteiger partial charge in [0.2, 0.25) is 0 Å². The minimum Gasteiger partial charge on any atom is -0.494 e. The van der Waals surface area contributed by atoms with Crippen LogP contribution in [0, 0.1) is 0 Å². The molecule has 0 spiro atoms. The Morgan fingerprint density at radius 1 is 1.04 bits per heavy atom. The van der Waals surface area contributed by atoms with Crippen molar-refractivity contribution in [3.8, 4) is 5.75 Å². The van der Waals surface area contributed by atoms with Gasteiger partial charge in [0, 0.05) is 11.6 Å². The Morgan fingerprint density at radius 2 is 1.68 bits per heavy atom. The van der Waals surface area contributed by atoms with Crippen molar-refractivity contribution in [1.29, 1.82) is 0 Å². The van der Waals surface area contributed by atoms with Crippen LogP contribution in [0.25, 0.3) is 6.08 Å². The fourth-order valence-electron chi connectivity index (χ4n) is 1.94. The monoisotopic (exact) mass is 346 g/mol. The van der Waals surface area contributed by atoms with Crippen molar-refractivity contribution in [1.82, 2.24) is 0 Å². The first-order valence-corrected chi connectivity index (χ1v) is 8.34. The van der Waals surface area contributed by atoms with Crippen LogP contribution in [-0.4, -0.2) is 32.3 Å². The molecule has 5 heteroatoms. The Balaban J connectivity index is 2.12. The van der Waals surface area contributed by atoms with Crippen LogP contribution >= 0.6 is 0 Å². The van der Waals surface area contributed by atoms with Crippen LogP contribution in [0.2, 0.25) is 0 Å². The molecule has 0 aromatic heterocycles. The molecule has 0 heterocycles. The van der Waals surface area contributed by atoms with Crippen molar-refractivity contribution in [3.05, 3.63) is 48.1 Å². The van der Waals surface area contributed by atoms with Crippen molar-refractivity contribution in [2.24, 2.45) is 0 Å². The van der Waals surface area contributed by atoms with E-state index in [0.29, 0.717) is 18.8 Å². The molecule has 0 amide bonds. The molecule has 0 radical (unpaired) electrons. The van der Waals surface area contributed by atoms with Crippen LogP contribution in [0.3, 0.4) is 0 Å². The van der Waals surface area contributed by atoms with Crippen molar-refractivity contribution in [2.75, 3.05) is 20.3 Å². The molecule has 0 bridgehead atoms. The first-order chi connectivity index (χ1) is 12.0. The van der Waals surface area contributed by atoms with Gasteiger partial charge in [-0.3, -0.25) is 0 Å². The quantitative estimate of drug-likeness (QED) is 0.345. The maximum Gasteiger partial charge on any atom is 0.333 e. The highest BCUT2D eigenvalue weighted by molar-refractivity contribution is 5.87. The summed E-state index contributed by atoms with van der Waals surface area (Å²) in [6.45, 7) is 6.26. The predicted molar refractivity (Wildman–Crippen MR) is 97.2 cm³/mol. The van der Waals surface area contributed by atoms with Gasteiger partial charge in [0.25, 0.3) is 0 Å². The number of esters is 2. The Bertz CT molecular complexity index is 587. The molecule has 1 aromatic rings.